The van der Waals surface area contributed by atoms with E-state index >= 15 is 0 Å². The van der Waals surface area contributed by atoms with E-state index in [9.17, 15) is 0 Å². The van der Waals surface area contributed by atoms with Crippen LogP contribution in [0.3, 0.4) is 0 Å². The number of para-hydroxylation sites is 1. The Hall–Kier alpha value is -1.89. The van der Waals surface area contributed by atoms with Crippen LogP contribution in [0.2, 0.25) is 0 Å². The monoisotopic (exact) mass is 339 g/mol. The Morgan fingerprint density at radius 3 is 1.64 bits per heavy atom. The maximum atomic E-state index is 2.43. The SMILES string of the molecule is CC.CC.CC1(c2ccccc2)C=[N+](c2ccccc2)C(C)(C)C1.[CH3-]. The summed E-state index contributed by atoms with van der Waals surface area (Å²) in [5.74, 6) is 0. The lowest BCUT2D eigenvalue weighted by atomic mass is 9.77. The first kappa shape index (κ1) is 23.1. The maximum absolute atomic E-state index is 2.43. The van der Waals surface area contributed by atoms with Crippen molar-refractivity contribution >= 4 is 11.9 Å². The molecule has 2 aromatic carbocycles. The van der Waals surface area contributed by atoms with Crippen molar-refractivity contribution in [2.45, 2.75) is 65.8 Å². The molecule has 25 heavy (non-hydrogen) atoms. The standard InChI is InChI=1S/C19H22N.2C2H6.CH3/c1-18(2)14-19(3,16-10-6-4-7-11-16)15-20(18)17-12-8-5-9-13-17;2*1-2;/h4-13,15H,14H2,1-3H3;2*1-2H3;1H3/q+1;;;-1. The minimum absolute atomic E-state index is 0. The van der Waals surface area contributed by atoms with Gasteiger partial charge in [0.25, 0.3) is 0 Å². The first-order valence-corrected chi connectivity index (χ1v) is 9.27. The Balaban J connectivity index is 0.00000108. The van der Waals surface area contributed by atoms with E-state index in [1.54, 1.807) is 0 Å². The molecule has 0 radical (unpaired) electrons. The minimum Gasteiger partial charge on any atom is -0.358 e. The van der Waals surface area contributed by atoms with Crippen molar-refractivity contribution in [3.05, 3.63) is 73.7 Å². The largest absolute Gasteiger partial charge is 0.358 e. The Kier molecular flexibility index (Phi) is 9.41. The molecule has 3 rings (SSSR count). The van der Waals surface area contributed by atoms with Crippen LogP contribution in [0, 0.1) is 7.43 Å². The Bertz CT molecular complexity index is 626. The van der Waals surface area contributed by atoms with Gasteiger partial charge in [-0.15, -0.1) is 0 Å². The highest BCUT2D eigenvalue weighted by atomic mass is 15.1. The molecule has 0 N–H and O–H groups in total. The van der Waals surface area contributed by atoms with Crippen LogP contribution in [0.15, 0.2) is 60.7 Å². The molecule has 0 bridgehead atoms. The van der Waals surface area contributed by atoms with Crippen molar-refractivity contribution in [3.63, 3.8) is 0 Å². The number of nitrogens with zero attached hydrogens (tertiary/aromatic N) is 1. The van der Waals surface area contributed by atoms with Gasteiger partial charge in [-0.3, -0.25) is 0 Å². The molecule has 0 aliphatic carbocycles. The van der Waals surface area contributed by atoms with E-state index < -0.39 is 0 Å². The zero-order valence-electron chi connectivity index (χ0n) is 17.5. The van der Waals surface area contributed by atoms with Gasteiger partial charge in [0.05, 0.1) is 5.41 Å². The summed E-state index contributed by atoms with van der Waals surface area (Å²) >= 11 is 0. The molecule has 0 fully saturated rings. The lowest BCUT2D eigenvalue weighted by Gasteiger charge is -2.22. The van der Waals surface area contributed by atoms with E-state index in [0.717, 1.165) is 6.42 Å². The molecule has 0 amide bonds. The van der Waals surface area contributed by atoms with Crippen LogP contribution in [0.25, 0.3) is 0 Å². The fourth-order valence-corrected chi connectivity index (χ4v) is 3.50. The second-order valence-electron chi connectivity index (χ2n) is 6.61. The van der Waals surface area contributed by atoms with E-state index in [-0.39, 0.29) is 18.4 Å². The highest BCUT2D eigenvalue weighted by molar-refractivity contribution is 5.72. The molecule has 0 saturated carbocycles. The second kappa shape index (κ2) is 10.2. The topological polar surface area (TPSA) is 3.01 Å². The summed E-state index contributed by atoms with van der Waals surface area (Å²) in [6, 6.07) is 21.5. The summed E-state index contributed by atoms with van der Waals surface area (Å²) in [6.07, 6.45) is 3.52. The predicted molar refractivity (Wildman–Crippen MR) is 114 cm³/mol. The number of rotatable bonds is 2. The third-order valence-electron chi connectivity index (χ3n) is 4.33. The van der Waals surface area contributed by atoms with Crippen molar-refractivity contribution in [1.29, 1.82) is 0 Å². The summed E-state index contributed by atoms with van der Waals surface area (Å²) in [5.41, 5.74) is 2.90. The van der Waals surface area contributed by atoms with Gasteiger partial charge in [-0.25, -0.2) is 0 Å². The average molecular weight is 340 g/mol. The van der Waals surface area contributed by atoms with Crippen LogP contribution in [0.5, 0.6) is 0 Å². The van der Waals surface area contributed by atoms with Gasteiger partial charge in [0.15, 0.2) is 11.8 Å². The summed E-state index contributed by atoms with van der Waals surface area (Å²) in [4.78, 5) is 0. The third kappa shape index (κ3) is 5.29. The minimum atomic E-state index is 0. The second-order valence-corrected chi connectivity index (χ2v) is 6.61. The lowest BCUT2D eigenvalue weighted by molar-refractivity contribution is -0.511. The highest BCUT2D eigenvalue weighted by Gasteiger charge is 2.49. The van der Waals surface area contributed by atoms with Crippen LogP contribution < -0.4 is 0 Å². The van der Waals surface area contributed by atoms with E-state index in [4.69, 9.17) is 0 Å². The van der Waals surface area contributed by atoms with Crippen molar-refractivity contribution in [1.82, 2.24) is 0 Å². The molecule has 0 aromatic heterocycles. The fourth-order valence-electron chi connectivity index (χ4n) is 3.50. The zero-order chi connectivity index (χ0) is 18.2. The van der Waals surface area contributed by atoms with E-state index in [1.165, 1.54) is 11.3 Å². The van der Waals surface area contributed by atoms with Crippen LogP contribution >= 0.6 is 0 Å². The normalized spacial score (nSPS) is 20.0. The molecule has 0 saturated heterocycles. The molecular formula is C24H37N. The van der Waals surface area contributed by atoms with Crippen LogP contribution in [0.1, 0.15) is 60.5 Å². The average Bonchev–Trinajstić information content (AvgIpc) is 2.90. The van der Waals surface area contributed by atoms with Crippen molar-refractivity contribution in [2.75, 3.05) is 0 Å². The van der Waals surface area contributed by atoms with E-state index in [0.29, 0.717) is 0 Å². The van der Waals surface area contributed by atoms with Gasteiger partial charge in [0, 0.05) is 32.4 Å². The van der Waals surface area contributed by atoms with Crippen molar-refractivity contribution in [3.8, 4) is 0 Å². The number of benzene rings is 2. The Labute approximate surface area is 156 Å². The van der Waals surface area contributed by atoms with Gasteiger partial charge in [0.2, 0.25) is 5.69 Å². The summed E-state index contributed by atoms with van der Waals surface area (Å²) in [7, 11) is 0. The molecule has 2 aromatic rings. The molecule has 1 heterocycles. The van der Waals surface area contributed by atoms with E-state index in [2.05, 4.69) is 92.2 Å². The van der Waals surface area contributed by atoms with E-state index in [1.807, 2.05) is 27.7 Å². The van der Waals surface area contributed by atoms with Crippen molar-refractivity contribution in [2.24, 2.45) is 0 Å². The smallest absolute Gasteiger partial charge is 0.205 e. The summed E-state index contributed by atoms with van der Waals surface area (Å²) < 4.78 is 2.43. The Morgan fingerprint density at radius 2 is 1.16 bits per heavy atom. The fraction of sp³-hybridized carbons (Fsp3) is 0.417. The first-order chi connectivity index (χ1) is 11.5. The first-order valence-electron chi connectivity index (χ1n) is 9.27. The molecule has 1 unspecified atom stereocenters. The van der Waals surface area contributed by atoms with Gasteiger partial charge in [-0.2, -0.15) is 4.58 Å². The summed E-state index contributed by atoms with van der Waals surface area (Å²) in [6.45, 7) is 15.0. The van der Waals surface area contributed by atoms with Gasteiger partial charge >= 0.3 is 0 Å². The van der Waals surface area contributed by atoms with Crippen LogP contribution in [-0.2, 0) is 5.41 Å². The Morgan fingerprint density at radius 1 is 0.720 bits per heavy atom. The highest BCUT2D eigenvalue weighted by Crippen LogP contribution is 2.40. The van der Waals surface area contributed by atoms with Gasteiger partial charge in [-0.05, 0) is 12.5 Å². The summed E-state index contributed by atoms with van der Waals surface area (Å²) in [5, 5.41) is 0. The molecule has 1 nitrogen and oxygen atoms in total. The molecule has 1 aliphatic rings. The lowest BCUT2D eigenvalue weighted by Crippen LogP contribution is -2.30. The quantitative estimate of drug-likeness (QED) is 0.407. The maximum Gasteiger partial charge on any atom is 0.205 e. The number of hydrogen-bond acceptors (Lipinski definition) is 0. The zero-order valence-corrected chi connectivity index (χ0v) is 17.5. The van der Waals surface area contributed by atoms with Crippen molar-refractivity contribution < 1.29 is 4.58 Å². The van der Waals surface area contributed by atoms with Gasteiger partial charge in [-0.1, -0.05) is 76.2 Å². The molecule has 138 valence electrons. The van der Waals surface area contributed by atoms with Crippen LogP contribution in [-0.4, -0.2) is 16.3 Å². The molecular weight excluding hydrogens is 302 g/mol. The predicted octanol–water partition coefficient (Wildman–Crippen LogP) is 7.04. The molecule has 1 aliphatic heterocycles. The number of hydrogen-bond donors (Lipinski definition) is 0. The van der Waals surface area contributed by atoms with Gasteiger partial charge in [0.1, 0.15) is 0 Å². The molecule has 0 spiro atoms. The van der Waals surface area contributed by atoms with Gasteiger partial charge < -0.3 is 7.43 Å². The third-order valence-corrected chi connectivity index (χ3v) is 4.33. The van der Waals surface area contributed by atoms with Crippen LogP contribution in [0.4, 0.5) is 5.69 Å². The molecule has 1 heteroatoms. The molecule has 1 atom stereocenters.